The predicted octanol–water partition coefficient (Wildman–Crippen LogP) is 4.80. The average molecular weight is 305 g/mol. The van der Waals surface area contributed by atoms with Gasteiger partial charge in [0.2, 0.25) is 0 Å². The van der Waals surface area contributed by atoms with Gasteiger partial charge >= 0.3 is 0 Å². The van der Waals surface area contributed by atoms with Crippen LogP contribution in [0.4, 0.5) is 5.69 Å². The summed E-state index contributed by atoms with van der Waals surface area (Å²) >= 11 is 0. The van der Waals surface area contributed by atoms with Gasteiger partial charge < -0.3 is 4.90 Å². The summed E-state index contributed by atoms with van der Waals surface area (Å²) in [5, 5.41) is 0. The van der Waals surface area contributed by atoms with Crippen LogP contribution in [0.25, 0.3) is 6.08 Å². The van der Waals surface area contributed by atoms with E-state index in [9.17, 15) is 4.79 Å². The smallest absolute Gasteiger partial charge is 0.250 e. The number of amides is 1. The van der Waals surface area contributed by atoms with E-state index in [1.54, 1.807) is 6.08 Å². The highest BCUT2D eigenvalue weighted by Gasteiger charge is 2.20. The van der Waals surface area contributed by atoms with Crippen molar-refractivity contribution in [3.8, 4) is 0 Å². The molecule has 1 aliphatic heterocycles. The molecule has 3 rings (SSSR count). The molecular formula is C21H23NO. The molecule has 0 unspecified atom stereocenters. The molecule has 0 saturated heterocycles. The molecule has 2 aromatic carbocycles. The van der Waals surface area contributed by atoms with Crippen molar-refractivity contribution < 1.29 is 4.79 Å². The Balaban J connectivity index is 1.74. The molecule has 1 heterocycles. The second-order valence-electron chi connectivity index (χ2n) is 6.38. The number of carbonyl (C=O) groups is 1. The van der Waals surface area contributed by atoms with E-state index in [1.165, 1.54) is 11.1 Å². The quantitative estimate of drug-likeness (QED) is 0.746. The van der Waals surface area contributed by atoms with E-state index in [4.69, 9.17) is 0 Å². The van der Waals surface area contributed by atoms with Crippen LogP contribution in [0.1, 0.15) is 42.9 Å². The summed E-state index contributed by atoms with van der Waals surface area (Å²) in [5.41, 5.74) is 4.71. The van der Waals surface area contributed by atoms with Crippen LogP contribution >= 0.6 is 0 Å². The Morgan fingerprint density at radius 3 is 2.57 bits per heavy atom. The number of hydrogen-bond acceptors (Lipinski definition) is 1. The van der Waals surface area contributed by atoms with Crippen molar-refractivity contribution in [1.82, 2.24) is 0 Å². The number of para-hydroxylation sites is 1. The van der Waals surface area contributed by atoms with Gasteiger partial charge in [-0.25, -0.2) is 0 Å². The summed E-state index contributed by atoms with van der Waals surface area (Å²) in [6.45, 7) is 5.16. The molecule has 23 heavy (non-hydrogen) atoms. The zero-order valence-electron chi connectivity index (χ0n) is 13.8. The molecule has 0 atom stereocenters. The lowest BCUT2D eigenvalue weighted by atomic mass is 10.0. The van der Waals surface area contributed by atoms with Crippen LogP contribution in [-0.2, 0) is 11.2 Å². The van der Waals surface area contributed by atoms with Crippen LogP contribution in [-0.4, -0.2) is 12.5 Å². The van der Waals surface area contributed by atoms with Crippen molar-refractivity contribution in [3.05, 3.63) is 71.3 Å². The summed E-state index contributed by atoms with van der Waals surface area (Å²) in [4.78, 5) is 14.4. The molecule has 2 aromatic rings. The van der Waals surface area contributed by atoms with E-state index >= 15 is 0 Å². The van der Waals surface area contributed by atoms with Gasteiger partial charge in [0.1, 0.15) is 0 Å². The molecule has 0 spiro atoms. The van der Waals surface area contributed by atoms with Gasteiger partial charge in [-0.2, -0.15) is 0 Å². The molecule has 1 amide bonds. The largest absolute Gasteiger partial charge is 0.309 e. The number of anilines is 1. The first kappa shape index (κ1) is 15.5. The maximum atomic E-state index is 12.5. The molecule has 0 radical (unpaired) electrons. The van der Waals surface area contributed by atoms with Gasteiger partial charge in [-0.15, -0.1) is 0 Å². The molecule has 1 aliphatic rings. The first-order valence-electron chi connectivity index (χ1n) is 8.32. The van der Waals surface area contributed by atoms with Crippen molar-refractivity contribution in [3.63, 3.8) is 0 Å². The monoisotopic (exact) mass is 305 g/mol. The van der Waals surface area contributed by atoms with Crippen LogP contribution in [0.15, 0.2) is 54.6 Å². The Labute approximate surface area is 138 Å². The third kappa shape index (κ3) is 3.53. The first-order chi connectivity index (χ1) is 11.1. The standard InChI is InChI=1S/C21H23NO/c1-16(2)18-12-9-17(10-13-18)11-14-21(23)22-15-5-7-19-6-3-4-8-20(19)22/h3-4,6,8-14,16H,5,7,15H2,1-2H3. The SMILES string of the molecule is CC(C)c1ccc(C=CC(=O)N2CCCc3ccccc32)cc1. The van der Waals surface area contributed by atoms with E-state index in [1.807, 2.05) is 29.2 Å². The molecule has 0 aliphatic carbocycles. The van der Waals surface area contributed by atoms with Crippen molar-refractivity contribution in [2.24, 2.45) is 0 Å². The molecule has 0 saturated carbocycles. The minimum Gasteiger partial charge on any atom is -0.309 e. The van der Waals surface area contributed by atoms with Crippen LogP contribution in [0.3, 0.4) is 0 Å². The summed E-state index contributed by atoms with van der Waals surface area (Å²) in [6, 6.07) is 16.6. The van der Waals surface area contributed by atoms with E-state index in [-0.39, 0.29) is 5.91 Å². The van der Waals surface area contributed by atoms with Gasteiger partial charge in [-0.3, -0.25) is 4.79 Å². The van der Waals surface area contributed by atoms with Crippen LogP contribution in [0.5, 0.6) is 0 Å². The number of nitrogens with zero attached hydrogens (tertiary/aromatic N) is 1. The lowest BCUT2D eigenvalue weighted by Crippen LogP contribution is -2.34. The maximum absolute atomic E-state index is 12.5. The Kier molecular flexibility index (Phi) is 4.61. The maximum Gasteiger partial charge on any atom is 0.250 e. The van der Waals surface area contributed by atoms with E-state index in [0.717, 1.165) is 30.6 Å². The fourth-order valence-corrected chi connectivity index (χ4v) is 3.01. The highest BCUT2D eigenvalue weighted by molar-refractivity contribution is 6.04. The number of aryl methyl sites for hydroxylation is 1. The van der Waals surface area contributed by atoms with E-state index < -0.39 is 0 Å². The Morgan fingerprint density at radius 2 is 1.83 bits per heavy atom. The van der Waals surface area contributed by atoms with Crippen molar-refractivity contribution in [1.29, 1.82) is 0 Å². The Bertz CT molecular complexity index is 713. The zero-order chi connectivity index (χ0) is 16.2. The number of carbonyl (C=O) groups excluding carboxylic acids is 1. The molecule has 118 valence electrons. The number of hydrogen-bond donors (Lipinski definition) is 0. The molecule has 2 nitrogen and oxygen atoms in total. The molecule has 0 fully saturated rings. The normalized spacial score (nSPS) is 14.3. The topological polar surface area (TPSA) is 20.3 Å². The summed E-state index contributed by atoms with van der Waals surface area (Å²) in [7, 11) is 0. The number of fused-ring (bicyclic) bond motifs is 1. The van der Waals surface area contributed by atoms with Crippen LogP contribution < -0.4 is 4.90 Å². The highest BCUT2D eigenvalue weighted by atomic mass is 16.2. The van der Waals surface area contributed by atoms with Gasteiger partial charge in [0.05, 0.1) is 0 Å². The Morgan fingerprint density at radius 1 is 1.09 bits per heavy atom. The van der Waals surface area contributed by atoms with Crippen LogP contribution in [0, 0.1) is 0 Å². The second-order valence-corrected chi connectivity index (χ2v) is 6.38. The van der Waals surface area contributed by atoms with Gasteiger partial charge in [0.25, 0.3) is 5.91 Å². The predicted molar refractivity (Wildman–Crippen MR) is 96.7 cm³/mol. The van der Waals surface area contributed by atoms with E-state index in [0.29, 0.717) is 5.92 Å². The van der Waals surface area contributed by atoms with Crippen molar-refractivity contribution >= 4 is 17.7 Å². The lowest BCUT2D eigenvalue weighted by molar-refractivity contribution is -0.114. The fourth-order valence-electron chi connectivity index (χ4n) is 3.01. The number of rotatable bonds is 3. The minimum atomic E-state index is 0.0603. The first-order valence-corrected chi connectivity index (χ1v) is 8.32. The summed E-state index contributed by atoms with van der Waals surface area (Å²) in [6.07, 6.45) is 5.68. The van der Waals surface area contributed by atoms with Gasteiger partial charge in [0, 0.05) is 18.3 Å². The third-order valence-electron chi connectivity index (χ3n) is 4.40. The van der Waals surface area contributed by atoms with Crippen molar-refractivity contribution in [2.45, 2.75) is 32.6 Å². The lowest BCUT2D eigenvalue weighted by Gasteiger charge is -2.28. The minimum absolute atomic E-state index is 0.0603. The third-order valence-corrected chi connectivity index (χ3v) is 4.40. The summed E-state index contributed by atoms with van der Waals surface area (Å²) in [5.74, 6) is 0.588. The second kappa shape index (κ2) is 6.82. The van der Waals surface area contributed by atoms with Gasteiger partial charge in [0.15, 0.2) is 0 Å². The average Bonchev–Trinajstić information content (AvgIpc) is 2.59. The molecule has 2 heteroatoms. The number of benzene rings is 2. The molecule has 0 aromatic heterocycles. The Hall–Kier alpha value is -2.35. The molecule has 0 bridgehead atoms. The fraction of sp³-hybridized carbons (Fsp3) is 0.286. The van der Waals surface area contributed by atoms with Crippen molar-refractivity contribution in [2.75, 3.05) is 11.4 Å². The van der Waals surface area contributed by atoms with Gasteiger partial charge in [-0.05, 0) is 47.6 Å². The summed E-state index contributed by atoms with van der Waals surface area (Å²) < 4.78 is 0. The van der Waals surface area contributed by atoms with E-state index in [2.05, 4.69) is 44.2 Å². The zero-order valence-corrected chi connectivity index (χ0v) is 13.8. The van der Waals surface area contributed by atoms with Gasteiger partial charge in [-0.1, -0.05) is 56.3 Å². The molecule has 0 N–H and O–H groups in total. The van der Waals surface area contributed by atoms with Crippen LogP contribution in [0.2, 0.25) is 0 Å². The highest BCUT2D eigenvalue weighted by Crippen LogP contribution is 2.27. The molecular weight excluding hydrogens is 282 g/mol.